The molecule has 1 aromatic heterocycles. The third-order valence-electron chi connectivity index (χ3n) is 4.76. The average molecular weight is 379 g/mol. The molecule has 0 bridgehead atoms. The Bertz CT molecular complexity index is 1000. The van der Waals surface area contributed by atoms with E-state index in [4.69, 9.17) is 0 Å². The summed E-state index contributed by atoms with van der Waals surface area (Å²) < 4.78 is 42.0. The number of rotatable bonds is 4. The Kier molecular flexibility index (Phi) is 4.47. The molecule has 0 aliphatic rings. The number of benzene rings is 3. The maximum atomic E-state index is 13.5. The highest BCUT2D eigenvalue weighted by molar-refractivity contribution is 5.51. The van der Waals surface area contributed by atoms with Gasteiger partial charge < -0.3 is 0 Å². The van der Waals surface area contributed by atoms with Crippen molar-refractivity contribution in [3.8, 4) is 0 Å². The summed E-state index contributed by atoms with van der Waals surface area (Å²) in [6.07, 6.45) is -1.26. The van der Waals surface area contributed by atoms with E-state index in [1.165, 1.54) is 18.3 Å². The minimum atomic E-state index is -4.45. The lowest BCUT2D eigenvalue weighted by molar-refractivity contribution is -0.137. The highest BCUT2D eigenvalue weighted by Crippen LogP contribution is 2.41. The van der Waals surface area contributed by atoms with Crippen molar-refractivity contribution >= 4 is 0 Å². The van der Waals surface area contributed by atoms with Gasteiger partial charge in [0.2, 0.25) is 0 Å². The fraction of sp³-hybridized carbons (Fsp3) is 0.0909. The molecule has 140 valence electrons. The first kappa shape index (κ1) is 18.0. The predicted molar refractivity (Wildman–Crippen MR) is 99.6 cm³/mol. The van der Waals surface area contributed by atoms with Crippen LogP contribution in [-0.2, 0) is 11.7 Å². The molecule has 0 N–H and O–H groups in total. The van der Waals surface area contributed by atoms with Crippen molar-refractivity contribution in [1.82, 2.24) is 15.0 Å². The van der Waals surface area contributed by atoms with Gasteiger partial charge in [-0.25, -0.2) is 4.68 Å². The van der Waals surface area contributed by atoms with Gasteiger partial charge in [0.25, 0.3) is 0 Å². The van der Waals surface area contributed by atoms with Crippen LogP contribution < -0.4 is 0 Å². The predicted octanol–water partition coefficient (Wildman–Crippen LogP) is 5.14. The summed E-state index contributed by atoms with van der Waals surface area (Å²) in [6.45, 7) is 0. The summed E-state index contributed by atoms with van der Waals surface area (Å²) >= 11 is 0. The molecule has 3 nitrogen and oxygen atoms in total. The SMILES string of the molecule is FC(F)(F)c1cccc(C(c2ccccc2)(c2ccccc2)n2ccnn2)c1. The molecule has 0 saturated carbocycles. The average Bonchev–Trinajstić information content (AvgIpc) is 3.25. The van der Waals surface area contributed by atoms with Crippen LogP contribution in [0.25, 0.3) is 0 Å². The molecular formula is C22H16F3N3. The van der Waals surface area contributed by atoms with E-state index in [0.29, 0.717) is 5.56 Å². The number of nitrogens with zero attached hydrogens (tertiary/aromatic N) is 3. The Morgan fingerprint density at radius 1 is 0.643 bits per heavy atom. The molecule has 4 rings (SSSR count). The molecule has 0 unspecified atom stereocenters. The van der Waals surface area contributed by atoms with Crippen LogP contribution in [0.2, 0.25) is 0 Å². The van der Waals surface area contributed by atoms with Gasteiger partial charge in [-0.3, -0.25) is 0 Å². The fourth-order valence-electron chi connectivity index (χ4n) is 3.56. The van der Waals surface area contributed by atoms with Crippen molar-refractivity contribution in [3.05, 3.63) is 120 Å². The standard InChI is InChI=1S/C22H16F3N3/c23-22(24,25)20-13-7-12-19(16-20)21(28-15-14-26-27-28,17-8-3-1-4-9-17)18-10-5-2-6-11-18/h1-16H. The Labute approximate surface area is 160 Å². The lowest BCUT2D eigenvalue weighted by atomic mass is 9.76. The first-order valence-corrected chi connectivity index (χ1v) is 8.68. The van der Waals surface area contributed by atoms with Crippen LogP contribution in [0, 0.1) is 0 Å². The second-order valence-electron chi connectivity index (χ2n) is 6.37. The first-order valence-electron chi connectivity index (χ1n) is 8.68. The minimum Gasteiger partial charge on any atom is -0.233 e. The Hall–Kier alpha value is -3.41. The minimum absolute atomic E-state index is 0.449. The van der Waals surface area contributed by atoms with Crippen LogP contribution in [0.1, 0.15) is 22.3 Å². The molecule has 0 spiro atoms. The largest absolute Gasteiger partial charge is 0.416 e. The Balaban J connectivity index is 2.10. The van der Waals surface area contributed by atoms with E-state index >= 15 is 0 Å². The van der Waals surface area contributed by atoms with Gasteiger partial charge in [-0.2, -0.15) is 13.2 Å². The molecule has 0 fully saturated rings. The molecule has 4 aromatic rings. The second-order valence-corrected chi connectivity index (χ2v) is 6.37. The van der Waals surface area contributed by atoms with Crippen molar-refractivity contribution in [1.29, 1.82) is 0 Å². The van der Waals surface area contributed by atoms with Gasteiger partial charge in [-0.1, -0.05) is 78.0 Å². The maximum Gasteiger partial charge on any atom is 0.416 e. The van der Waals surface area contributed by atoms with Gasteiger partial charge in [0.15, 0.2) is 0 Å². The van der Waals surface area contributed by atoms with Crippen molar-refractivity contribution in [2.45, 2.75) is 11.7 Å². The van der Waals surface area contributed by atoms with Crippen molar-refractivity contribution < 1.29 is 13.2 Å². The summed E-state index contributed by atoms with van der Waals surface area (Å²) in [7, 11) is 0. The zero-order chi connectivity index (χ0) is 19.6. The van der Waals surface area contributed by atoms with Crippen molar-refractivity contribution in [3.63, 3.8) is 0 Å². The lowest BCUT2D eigenvalue weighted by Crippen LogP contribution is -2.38. The van der Waals surface area contributed by atoms with Gasteiger partial charge in [0, 0.05) is 6.20 Å². The van der Waals surface area contributed by atoms with Crippen molar-refractivity contribution in [2.75, 3.05) is 0 Å². The van der Waals surface area contributed by atoms with Gasteiger partial charge in [0.05, 0.1) is 11.8 Å². The molecule has 6 heteroatoms. The summed E-state index contributed by atoms with van der Waals surface area (Å²) in [5.41, 5.74) is 0.212. The van der Waals surface area contributed by atoms with Crippen LogP contribution >= 0.6 is 0 Å². The molecule has 3 aromatic carbocycles. The number of hydrogen-bond acceptors (Lipinski definition) is 2. The molecule has 0 saturated heterocycles. The van der Waals surface area contributed by atoms with Gasteiger partial charge in [-0.15, -0.1) is 5.10 Å². The smallest absolute Gasteiger partial charge is 0.233 e. The van der Waals surface area contributed by atoms with Crippen LogP contribution in [0.4, 0.5) is 13.2 Å². The summed E-state index contributed by atoms with van der Waals surface area (Å²) in [5.74, 6) is 0. The van der Waals surface area contributed by atoms with Gasteiger partial charge >= 0.3 is 6.18 Å². The second kappa shape index (κ2) is 6.96. The zero-order valence-electron chi connectivity index (χ0n) is 14.7. The lowest BCUT2D eigenvalue weighted by Gasteiger charge is -2.36. The highest BCUT2D eigenvalue weighted by Gasteiger charge is 2.41. The maximum absolute atomic E-state index is 13.5. The summed E-state index contributed by atoms with van der Waals surface area (Å²) in [6, 6.07) is 24.1. The van der Waals surface area contributed by atoms with E-state index in [1.807, 2.05) is 60.7 Å². The molecule has 0 amide bonds. The molecule has 28 heavy (non-hydrogen) atoms. The normalized spacial score (nSPS) is 12.1. The molecule has 0 aliphatic heterocycles. The number of halogens is 3. The molecule has 1 heterocycles. The third kappa shape index (κ3) is 2.97. The van der Waals surface area contributed by atoms with E-state index in [-0.39, 0.29) is 0 Å². The molecule has 0 atom stereocenters. The van der Waals surface area contributed by atoms with E-state index in [0.717, 1.165) is 17.2 Å². The molecular weight excluding hydrogens is 363 g/mol. The van der Waals surface area contributed by atoms with Crippen LogP contribution in [0.3, 0.4) is 0 Å². The summed E-state index contributed by atoms with van der Waals surface area (Å²) in [5, 5.41) is 8.12. The van der Waals surface area contributed by atoms with Gasteiger partial charge in [-0.05, 0) is 28.8 Å². The van der Waals surface area contributed by atoms with Crippen LogP contribution in [0.15, 0.2) is 97.3 Å². The van der Waals surface area contributed by atoms with Crippen LogP contribution in [0.5, 0.6) is 0 Å². The monoisotopic (exact) mass is 379 g/mol. The first-order chi connectivity index (χ1) is 13.5. The van der Waals surface area contributed by atoms with E-state index in [2.05, 4.69) is 10.3 Å². The summed E-state index contributed by atoms with van der Waals surface area (Å²) in [4.78, 5) is 0. The number of hydrogen-bond donors (Lipinski definition) is 0. The number of aromatic nitrogens is 3. The zero-order valence-corrected chi connectivity index (χ0v) is 14.7. The Morgan fingerprint density at radius 2 is 1.18 bits per heavy atom. The highest BCUT2D eigenvalue weighted by atomic mass is 19.4. The quantitative estimate of drug-likeness (QED) is 0.460. The molecule has 0 aliphatic carbocycles. The van der Waals surface area contributed by atoms with E-state index in [9.17, 15) is 13.2 Å². The molecule has 0 radical (unpaired) electrons. The van der Waals surface area contributed by atoms with Crippen LogP contribution in [-0.4, -0.2) is 15.0 Å². The third-order valence-corrected chi connectivity index (χ3v) is 4.76. The van der Waals surface area contributed by atoms with E-state index < -0.39 is 17.3 Å². The van der Waals surface area contributed by atoms with Crippen molar-refractivity contribution in [2.24, 2.45) is 0 Å². The fourth-order valence-corrected chi connectivity index (χ4v) is 3.56. The Morgan fingerprint density at radius 3 is 1.68 bits per heavy atom. The van der Waals surface area contributed by atoms with E-state index in [1.54, 1.807) is 16.9 Å². The topological polar surface area (TPSA) is 30.7 Å². The number of alkyl halides is 3. The van der Waals surface area contributed by atoms with Gasteiger partial charge in [0.1, 0.15) is 5.54 Å².